The first-order valence-electron chi connectivity index (χ1n) is 10.7. The molecule has 0 saturated carbocycles. The van der Waals surface area contributed by atoms with Gasteiger partial charge in [0.05, 0.1) is 15.8 Å². The molecule has 1 aliphatic rings. The van der Waals surface area contributed by atoms with Gasteiger partial charge in [-0.2, -0.15) is 4.31 Å². The van der Waals surface area contributed by atoms with Crippen LogP contribution < -0.4 is 5.32 Å². The van der Waals surface area contributed by atoms with Crippen molar-refractivity contribution in [2.24, 2.45) is 0 Å². The fourth-order valence-electron chi connectivity index (χ4n) is 3.64. The molecule has 7 nitrogen and oxygen atoms in total. The molecular formula is C23H25FN4O3S2. The number of halogens is 1. The van der Waals surface area contributed by atoms with E-state index >= 15 is 0 Å². The number of thioether (sulfide) groups is 1. The van der Waals surface area contributed by atoms with E-state index in [4.69, 9.17) is 0 Å². The van der Waals surface area contributed by atoms with E-state index in [9.17, 15) is 17.6 Å². The number of nitrogens with zero attached hydrogens (tertiary/aromatic N) is 3. The number of nitrogens with one attached hydrogen (secondary N) is 1. The number of carbonyl (C=O) groups excluding carboxylic acids is 1. The van der Waals surface area contributed by atoms with Gasteiger partial charge < -0.3 is 5.32 Å². The van der Waals surface area contributed by atoms with E-state index in [0.29, 0.717) is 29.6 Å². The number of benzene rings is 2. The highest BCUT2D eigenvalue weighted by molar-refractivity contribution is 8.00. The second-order valence-corrected chi connectivity index (χ2v) is 11.0. The average Bonchev–Trinajstić information content (AvgIpc) is 3.28. The standard InChI is InChI=1S/C23H25FN4O3S2/c1-17(32-23-25-11-14-28(23)20-9-5-7-18(24)15-20)22(29)26-19-8-6-10-21(16-19)33(30,31)27-12-3-2-4-13-27/h5-11,14-17H,2-4,12-13H2,1H3,(H,26,29). The molecule has 0 bridgehead atoms. The number of imidazole rings is 1. The summed E-state index contributed by atoms with van der Waals surface area (Å²) in [5, 5.41) is 2.82. The normalized spacial score (nSPS) is 15.8. The smallest absolute Gasteiger partial charge is 0.243 e. The van der Waals surface area contributed by atoms with Crippen LogP contribution in [0.4, 0.5) is 10.1 Å². The van der Waals surface area contributed by atoms with Gasteiger partial charge in [0, 0.05) is 31.2 Å². The molecular weight excluding hydrogens is 463 g/mol. The Labute approximate surface area is 197 Å². The summed E-state index contributed by atoms with van der Waals surface area (Å²) in [7, 11) is -3.59. The van der Waals surface area contributed by atoms with Gasteiger partial charge in [-0.1, -0.05) is 30.3 Å². The van der Waals surface area contributed by atoms with Crippen LogP contribution in [0.15, 0.2) is 71.0 Å². The van der Waals surface area contributed by atoms with Crippen LogP contribution in [-0.2, 0) is 14.8 Å². The molecule has 2 heterocycles. The van der Waals surface area contributed by atoms with Crippen molar-refractivity contribution in [3.63, 3.8) is 0 Å². The summed E-state index contributed by atoms with van der Waals surface area (Å²) in [5.41, 5.74) is 1.03. The third kappa shape index (κ3) is 5.45. The lowest BCUT2D eigenvalue weighted by atomic mass is 10.2. The Kier molecular flexibility index (Phi) is 7.16. The van der Waals surface area contributed by atoms with Crippen LogP contribution >= 0.6 is 11.8 Å². The summed E-state index contributed by atoms with van der Waals surface area (Å²) in [6.45, 7) is 2.77. The van der Waals surface area contributed by atoms with Crippen LogP contribution in [0.3, 0.4) is 0 Å². The van der Waals surface area contributed by atoms with E-state index in [0.717, 1.165) is 19.3 Å². The maximum atomic E-state index is 13.6. The number of carbonyl (C=O) groups is 1. The van der Waals surface area contributed by atoms with Gasteiger partial charge in [-0.3, -0.25) is 9.36 Å². The van der Waals surface area contributed by atoms with Crippen molar-refractivity contribution in [3.05, 3.63) is 66.7 Å². The number of aromatic nitrogens is 2. The van der Waals surface area contributed by atoms with Crippen LogP contribution in [0.25, 0.3) is 5.69 Å². The third-order valence-electron chi connectivity index (χ3n) is 5.40. The van der Waals surface area contributed by atoms with Crippen LogP contribution in [-0.4, -0.2) is 46.5 Å². The average molecular weight is 489 g/mol. The SMILES string of the molecule is CC(Sc1nccn1-c1cccc(F)c1)C(=O)Nc1cccc(S(=O)(=O)N2CCCCC2)c1. The van der Waals surface area contributed by atoms with Crippen molar-refractivity contribution in [1.29, 1.82) is 0 Å². The Morgan fingerprint density at radius 3 is 2.64 bits per heavy atom. The molecule has 1 saturated heterocycles. The summed E-state index contributed by atoms with van der Waals surface area (Å²) in [5.74, 6) is -0.649. The summed E-state index contributed by atoms with van der Waals surface area (Å²) in [4.78, 5) is 17.3. The molecule has 3 aromatic rings. The molecule has 1 amide bonds. The third-order valence-corrected chi connectivity index (χ3v) is 8.37. The first kappa shape index (κ1) is 23.5. The van der Waals surface area contributed by atoms with Crippen LogP contribution in [0.2, 0.25) is 0 Å². The minimum atomic E-state index is -3.59. The molecule has 33 heavy (non-hydrogen) atoms. The van der Waals surface area contributed by atoms with Gasteiger partial charge in [0.1, 0.15) is 5.82 Å². The number of hydrogen-bond donors (Lipinski definition) is 1. The summed E-state index contributed by atoms with van der Waals surface area (Å²) >= 11 is 1.23. The molecule has 1 aromatic heterocycles. The maximum absolute atomic E-state index is 13.6. The van der Waals surface area contributed by atoms with Gasteiger partial charge in [0.25, 0.3) is 0 Å². The second kappa shape index (κ2) is 10.1. The number of rotatable bonds is 7. The zero-order chi connectivity index (χ0) is 23.4. The van der Waals surface area contributed by atoms with E-state index in [1.54, 1.807) is 54.2 Å². The number of hydrogen-bond acceptors (Lipinski definition) is 5. The van der Waals surface area contributed by atoms with Gasteiger partial charge in [-0.25, -0.2) is 17.8 Å². The first-order chi connectivity index (χ1) is 15.8. The predicted octanol–water partition coefficient (Wildman–Crippen LogP) is 4.31. The summed E-state index contributed by atoms with van der Waals surface area (Å²) in [6, 6.07) is 12.5. The second-order valence-electron chi connectivity index (χ2n) is 7.80. The van der Waals surface area contributed by atoms with E-state index in [1.165, 1.54) is 34.3 Å². The van der Waals surface area contributed by atoms with Gasteiger partial charge in [-0.05, 0) is 56.2 Å². The van der Waals surface area contributed by atoms with E-state index in [-0.39, 0.29) is 16.6 Å². The van der Waals surface area contributed by atoms with Crippen molar-refractivity contribution in [3.8, 4) is 5.69 Å². The highest BCUT2D eigenvalue weighted by Gasteiger charge is 2.26. The zero-order valence-electron chi connectivity index (χ0n) is 18.1. The van der Waals surface area contributed by atoms with Gasteiger partial charge in [0.2, 0.25) is 15.9 Å². The van der Waals surface area contributed by atoms with Gasteiger partial charge in [0.15, 0.2) is 5.16 Å². The van der Waals surface area contributed by atoms with E-state index in [2.05, 4.69) is 10.3 Å². The van der Waals surface area contributed by atoms with Crippen molar-refractivity contribution >= 4 is 33.4 Å². The van der Waals surface area contributed by atoms with Crippen molar-refractivity contribution < 1.29 is 17.6 Å². The lowest BCUT2D eigenvalue weighted by Crippen LogP contribution is -2.35. The largest absolute Gasteiger partial charge is 0.325 e. The fourth-order valence-corrected chi connectivity index (χ4v) is 6.09. The molecule has 0 aliphatic carbocycles. The van der Waals surface area contributed by atoms with Crippen molar-refractivity contribution in [2.75, 3.05) is 18.4 Å². The quantitative estimate of drug-likeness (QED) is 0.501. The van der Waals surface area contributed by atoms with E-state index < -0.39 is 15.3 Å². The first-order valence-corrected chi connectivity index (χ1v) is 13.0. The molecule has 1 N–H and O–H groups in total. The fraction of sp³-hybridized carbons (Fsp3) is 0.304. The Hall–Kier alpha value is -2.69. The predicted molar refractivity (Wildman–Crippen MR) is 127 cm³/mol. The molecule has 2 aromatic carbocycles. The molecule has 1 atom stereocenters. The molecule has 10 heteroatoms. The van der Waals surface area contributed by atoms with Crippen molar-refractivity contribution in [2.45, 2.75) is 41.5 Å². The zero-order valence-corrected chi connectivity index (χ0v) is 19.8. The number of piperidine rings is 1. The molecule has 1 unspecified atom stereocenters. The molecule has 174 valence electrons. The number of sulfonamides is 1. The van der Waals surface area contributed by atoms with Gasteiger partial charge in [-0.15, -0.1) is 0 Å². The topological polar surface area (TPSA) is 84.3 Å². The number of amides is 1. The molecule has 1 aliphatic heterocycles. The number of anilines is 1. The summed E-state index contributed by atoms with van der Waals surface area (Å²) in [6.07, 6.45) is 6.05. The van der Waals surface area contributed by atoms with Crippen LogP contribution in [0.5, 0.6) is 0 Å². The van der Waals surface area contributed by atoms with Crippen LogP contribution in [0, 0.1) is 5.82 Å². The molecule has 0 radical (unpaired) electrons. The van der Waals surface area contributed by atoms with E-state index in [1.807, 2.05) is 0 Å². The minimum Gasteiger partial charge on any atom is -0.325 e. The highest BCUT2D eigenvalue weighted by atomic mass is 32.2. The molecule has 0 spiro atoms. The lowest BCUT2D eigenvalue weighted by Gasteiger charge is -2.26. The minimum absolute atomic E-state index is 0.171. The molecule has 4 rings (SSSR count). The maximum Gasteiger partial charge on any atom is 0.243 e. The highest BCUT2D eigenvalue weighted by Crippen LogP contribution is 2.27. The Morgan fingerprint density at radius 1 is 1.12 bits per heavy atom. The summed E-state index contributed by atoms with van der Waals surface area (Å²) < 4.78 is 42.7. The Morgan fingerprint density at radius 2 is 1.88 bits per heavy atom. The van der Waals surface area contributed by atoms with Crippen molar-refractivity contribution in [1.82, 2.24) is 13.9 Å². The Balaban J connectivity index is 1.45. The van der Waals surface area contributed by atoms with Gasteiger partial charge >= 0.3 is 0 Å². The monoisotopic (exact) mass is 488 g/mol. The Bertz CT molecular complexity index is 1240. The van der Waals surface area contributed by atoms with Crippen LogP contribution in [0.1, 0.15) is 26.2 Å². The lowest BCUT2D eigenvalue weighted by molar-refractivity contribution is -0.115. The molecule has 1 fully saturated rings.